The number of pyridine rings is 1. The fourth-order valence-corrected chi connectivity index (χ4v) is 2.32. The van der Waals surface area contributed by atoms with Crippen LogP contribution in [0.3, 0.4) is 0 Å². The summed E-state index contributed by atoms with van der Waals surface area (Å²) in [5.41, 5.74) is 1.91. The van der Waals surface area contributed by atoms with Crippen LogP contribution in [0.5, 0.6) is 0 Å². The molecule has 122 valence electrons. The van der Waals surface area contributed by atoms with Gasteiger partial charge in [0.2, 0.25) is 5.91 Å². The van der Waals surface area contributed by atoms with Crippen molar-refractivity contribution in [2.75, 3.05) is 31.6 Å². The van der Waals surface area contributed by atoms with E-state index in [2.05, 4.69) is 10.3 Å². The zero-order valence-corrected chi connectivity index (χ0v) is 13.4. The number of likely N-dealkylation sites (N-methyl/N-ethyl adjacent to an activating group) is 1. The molecule has 1 atom stereocenters. The number of aliphatic hydroxyl groups is 1. The number of nitrogens with one attached hydrogen (secondary N) is 1. The lowest BCUT2D eigenvalue weighted by atomic mass is 10.0. The average molecular weight is 313 g/mol. The number of carbonyl (C=O) groups is 1. The molecule has 2 rings (SSSR count). The van der Waals surface area contributed by atoms with Crippen LogP contribution < -0.4 is 10.2 Å². The number of rotatable bonds is 8. The SMILES string of the molecule is CN(CC(=O)NCC(CO)Cc1ccccn1)c1ccccc1. The Morgan fingerprint density at radius 1 is 1.22 bits per heavy atom. The molecule has 23 heavy (non-hydrogen) atoms. The van der Waals surface area contributed by atoms with Gasteiger partial charge in [-0.3, -0.25) is 9.78 Å². The quantitative estimate of drug-likeness (QED) is 0.775. The molecule has 0 radical (unpaired) electrons. The van der Waals surface area contributed by atoms with E-state index in [1.807, 2.05) is 60.5 Å². The fraction of sp³-hybridized carbons (Fsp3) is 0.333. The second-order valence-electron chi connectivity index (χ2n) is 5.57. The van der Waals surface area contributed by atoms with Crippen molar-refractivity contribution in [2.24, 2.45) is 5.92 Å². The van der Waals surface area contributed by atoms with Gasteiger partial charge in [-0.1, -0.05) is 24.3 Å². The van der Waals surface area contributed by atoms with E-state index in [-0.39, 0.29) is 25.0 Å². The van der Waals surface area contributed by atoms with E-state index in [4.69, 9.17) is 0 Å². The molecule has 1 aromatic heterocycles. The van der Waals surface area contributed by atoms with Gasteiger partial charge in [0.05, 0.1) is 6.54 Å². The van der Waals surface area contributed by atoms with Crippen LogP contribution in [0.2, 0.25) is 0 Å². The summed E-state index contributed by atoms with van der Waals surface area (Å²) in [4.78, 5) is 18.2. The van der Waals surface area contributed by atoms with Gasteiger partial charge in [-0.15, -0.1) is 0 Å². The third kappa shape index (κ3) is 5.71. The maximum Gasteiger partial charge on any atom is 0.239 e. The Morgan fingerprint density at radius 2 is 1.96 bits per heavy atom. The van der Waals surface area contributed by atoms with Crippen molar-refractivity contribution in [1.82, 2.24) is 10.3 Å². The number of benzene rings is 1. The van der Waals surface area contributed by atoms with E-state index >= 15 is 0 Å². The summed E-state index contributed by atoms with van der Waals surface area (Å²) in [6, 6.07) is 15.5. The summed E-state index contributed by atoms with van der Waals surface area (Å²) in [6.07, 6.45) is 2.38. The molecule has 5 heteroatoms. The molecule has 2 aromatic rings. The van der Waals surface area contributed by atoms with E-state index in [9.17, 15) is 9.90 Å². The summed E-state index contributed by atoms with van der Waals surface area (Å²) < 4.78 is 0. The van der Waals surface area contributed by atoms with Crippen LogP contribution in [-0.2, 0) is 11.2 Å². The van der Waals surface area contributed by atoms with Crippen molar-refractivity contribution >= 4 is 11.6 Å². The number of anilines is 1. The van der Waals surface area contributed by atoms with Gasteiger partial charge in [-0.05, 0) is 30.7 Å². The molecule has 1 unspecified atom stereocenters. The number of carbonyl (C=O) groups excluding carboxylic acids is 1. The molecular formula is C18H23N3O2. The number of aromatic nitrogens is 1. The second-order valence-corrected chi connectivity index (χ2v) is 5.57. The summed E-state index contributed by atoms with van der Waals surface area (Å²) in [5, 5.41) is 12.4. The zero-order valence-electron chi connectivity index (χ0n) is 13.4. The second kappa shape index (κ2) is 8.90. The highest BCUT2D eigenvalue weighted by atomic mass is 16.3. The van der Waals surface area contributed by atoms with Crippen molar-refractivity contribution in [3.63, 3.8) is 0 Å². The number of hydrogen-bond donors (Lipinski definition) is 2. The van der Waals surface area contributed by atoms with E-state index in [0.717, 1.165) is 11.4 Å². The lowest BCUT2D eigenvalue weighted by Crippen LogP contribution is -2.38. The maximum atomic E-state index is 12.0. The van der Waals surface area contributed by atoms with Gasteiger partial charge >= 0.3 is 0 Å². The van der Waals surface area contributed by atoms with Gasteiger partial charge < -0.3 is 15.3 Å². The lowest BCUT2D eigenvalue weighted by Gasteiger charge is -2.20. The molecule has 0 aliphatic rings. The molecule has 0 spiro atoms. The molecule has 0 saturated carbocycles. The predicted molar refractivity (Wildman–Crippen MR) is 91.2 cm³/mol. The van der Waals surface area contributed by atoms with Gasteiger partial charge in [0, 0.05) is 43.7 Å². The lowest BCUT2D eigenvalue weighted by molar-refractivity contribution is -0.119. The fourth-order valence-electron chi connectivity index (χ4n) is 2.32. The van der Waals surface area contributed by atoms with Gasteiger partial charge in [-0.25, -0.2) is 0 Å². The average Bonchev–Trinajstić information content (AvgIpc) is 2.60. The Bertz CT molecular complexity index is 590. The van der Waals surface area contributed by atoms with Gasteiger partial charge in [0.25, 0.3) is 0 Å². The normalized spacial score (nSPS) is 11.7. The first-order chi connectivity index (χ1) is 11.2. The molecule has 0 bridgehead atoms. The zero-order chi connectivity index (χ0) is 16.5. The van der Waals surface area contributed by atoms with Crippen LogP contribution in [0, 0.1) is 5.92 Å². The largest absolute Gasteiger partial charge is 0.396 e. The minimum absolute atomic E-state index is 0.0192. The Morgan fingerprint density at radius 3 is 2.61 bits per heavy atom. The molecule has 1 aromatic carbocycles. The van der Waals surface area contributed by atoms with Crippen molar-refractivity contribution < 1.29 is 9.90 Å². The van der Waals surface area contributed by atoms with Gasteiger partial charge in [0.1, 0.15) is 0 Å². The van der Waals surface area contributed by atoms with E-state index in [0.29, 0.717) is 13.0 Å². The summed E-state index contributed by atoms with van der Waals surface area (Å²) in [6.45, 7) is 0.742. The highest BCUT2D eigenvalue weighted by Gasteiger charge is 2.12. The molecule has 0 saturated heterocycles. The maximum absolute atomic E-state index is 12.0. The molecule has 1 heterocycles. The number of nitrogens with zero attached hydrogens (tertiary/aromatic N) is 2. The van der Waals surface area contributed by atoms with Crippen LogP contribution >= 0.6 is 0 Å². The third-order valence-electron chi connectivity index (χ3n) is 3.65. The minimum Gasteiger partial charge on any atom is -0.396 e. The van der Waals surface area contributed by atoms with Crippen LogP contribution in [0.1, 0.15) is 5.69 Å². The Kier molecular flexibility index (Phi) is 6.56. The molecule has 0 aliphatic heterocycles. The highest BCUT2D eigenvalue weighted by molar-refractivity contribution is 5.81. The number of aliphatic hydroxyl groups excluding tert-OH is 1. The van der Waals surface area contributed by atoms with E-state index in [1.54, 1.807) is 6.20 Å². The van der Waals surface area contributed by atoms with Crippen molar-refractivity contribution in [2.45, 2.75) is 6.42 Å². The molecular weight excluding hydrogens is 290 g/mol. The van der Waals surface area contributed by atoms with Crippen LogP contribution in [0.4, 0.5) is 5.69 Å². The Hall–Kier alpha value is -2.40. The van der Waals surface area contributed by atoms with Crippen LogP contribution in [-0.4, -0.2) is 42.7 Å². The third-order valence-corrected chi connectivity index (χ3v) is 3.65. The monoisotopic (exact) mass is 313 g/mol. The van der Waals surface area contributed by atoms with Crippen LogP contribution in [0.15, 0.2) is 54.7 Å². The first-order valence-corrected chi connectivity index (χ1v) is 7.72. The number of amides is 1. The van der Waals surface area contributed by atoms with E-state index < -0.39 is 0 Å². The molecule has 0 aliphatic carbocycles. The molecule has 0 fully saturated rings. The van der Waals surface area contributed by atoms with Crippen LogP contribution in [0.25, 0.3) is 0 Å². The molecule has 5 nitrogen and oxygen atoms in total. The Balaban J connectivity index is 1.78. The topological polar surface area (TPSA) is 65.5 Å². The summed E-state index contributed by atoms with van der Waals surface area (Å²) in [7, 11) is 1.88. The molecule has 2 N–H and O–H groups in total. The van der Waals surface area contributed by atoms with E-state index in [1.165, 1.54) is 0 Å². The summed E-state index contributed by atoms with van der Waals surface area (Å²) in [5.74, 6) is -0.0910. The minimum atomic E-state index is -0.0594. The van der Waals surface area contributed by atoms with Crippen molar-refractivity contribution in [1.29, 1.82) is 0 Å². The number of hydrogen-bond acceptors (Lipinski definition) is 4. The van der Waals surface area contributed by atoms with Crippen molar-refractivity contribution in [3.05, 3.63) is 60.4 Å². The first kappa shape index (κ1) is 17.0. The van der Waals surface area contributed by atoms with Gasteiger partial charge in [-0.2, -0.15) is 0 Å². The first-order valence-electron chi connectivity index (χ1n) is 7.72. The standard InChI is InChI=1S/C18H23N3O2/c1-21(17-8-3-2-4-9-17)13-18(23)20-12-15(14-22)11-16-7-5-6-10-19-16/h2-10,15,22H,11-14H2,1H3,(H,20,23). The Labute approximate surface area is 137 Å². The smallest absolute Gasteiger partial charge is 0.239 e. The van der Waals surface area contributed by atoms with Gasteiger partial charge in [0.15, 0.2) is 0 Å². The summed E-state index contributed by atoms with van der Waals surface area (Å²) >= 11 is 0. The van der Waals surface area contributed by atoms with Crippen molar-refractivity contribution in [3.8, 4) is 0 Å². The number of para-hydroxylation sites is 1. The molecule has 1 amide bonds. The predicted octanol–water partition coefficient (Wildman–Crippen LogP) is 1.49. The highest BCUT2D eigenvalue weighted by Crippen LogP contribution is 2.10.